The number of carbonyl (C=O) groups excluding carboxylic acids is 2. The highest BCUT2D eigenvalue weighted by Crippen LogP contribution is 2.23. The zero-order valence-electron chi connectivity index (χ0n) is 15.2. The second-order valence-corrected chi connectivity index (χ2v) is 7.17. The van der Waals surface area contributed by atoms with E-state index in [1.807, 2.05) is 0 Å². The maximum atomic E-state index is 11.7. The summed E-state index contributed by atoms with van der Waals surface area (Å²) in [5.74, 6) is -0.593. The Kier molecular flexibility index (Phi) is 6.86. The second kappa shape index (κ2) is 9.12. The van der Waals surface area contributed by atoms with Crippen LogP contribution in [0, 0.1) is 0 Å². The van der Waals surface area contributed by atoms with Crippen molar-refractivity contribution in [3.8, 4) is 0 Å². The van der Waals surface area contributed by atoms with Crippen molar-refractivity contribution >= 4 is 45.5 Å². The molecule has 0 aliphatic heterocycles. The molecule has 0 saturated carbocycles. The molecule has 0 spiro atoms. The molecule has 0 saturated heterocycles. The zero-order chi connectivity index (χ0) is 20.7. The summed E-state index contributed by atoms with van der Waals surface area (Å²) in [6.45, 7) is 5.08. The first-order valence-electron chi connectivity index (χ1n) is 8.36. The van der Waals surface area contributed by atoms with E-state index in [1.54, 1.807) is 37.3 Å². The van der Waals surface area contributed by atoms with E-state index in [2.05, 4.69) is 17.2 Å². The molecule has 146 valence electrons. The zero-order valence-corrected chi connectivity index (χ0v) is 16.0. The molecule has 0 radical (unpaired) electrons. The Morgan fingerprint density at radius 2 is 1.68 bits per heavy atom. The van der Waals surface area contributed by atoms with Crippen LogP contribution in [-0.4, -0.2) is 24.8 Å². The minimum absolute atomic E-state index is 0.0929. The van der Waals surface area contributed by atoms with Crippen LogP contribution in [0.25, 0.3) is 12.2 Å². The van der Waals surface area contributed by atoms with Crippen LogP contribution in [0.1, 0.15) is 24.5 Å². The van der Waals surface area contributed by atoms with Crippen molar-refractivity contribution < 1.29 is 22.6 Å². The summed E-state index contributed by atoms with van der Waals surface area (Å²) in [5, 5.41) is 5.17. The Labute approximate surface area is 163 Å². The molecule has 2 amide bonds. The number of carbonyl (C=O) groups is 2. The number of anilines is 2. The molecular formula is C20H20N2O5S. The summed E-state index contributed by atoms with van der Waals surface area (Å²) >= 11 is 0. The highest BCUT2D eigenvalue weighted by Gasteiger charge is 2.15. The van der Waals surface area contributed by atoms with Gasteiger partial charge in [-0.15, -0.1) is 0 Å². The molecule has 0 atom stereocenters. The number of rotatable bonds is 7. The third-order valence-electron chi connectivity index (χ3n) is 3.72. The Morgan fingerprint density at radius 3 is 2.25 bits per heavy atom. The third-order valence-corrected chi connectivity index (χ3v) is 4.62. The lowest BCUT2D eigenvalue weighted by atomic mass is 10.1. The van der Waals surface area contributed by atoms with Crippen LogP contribution in [-0.2, 0) is 19.7 Å². The van der Waals surface area contributed by atoms with Crippen molar-refractivity contribution in [2.75, 3.05) is 10.6 Å². The molecule has 2 rings (SSSR count). The summed E-state index contributed by atoms with van der Waals surface area (Å²) < 4.78 is 32.9. The van der Waals surface area contributed by atoms with Crippen LogP contribution in [0.3, 0.4) is 0 Å². The SMILES string of the molecule is C=CC(=O)Nc1ccc(C=Cc2ccc(NC(=O)CC)cc2)c(S(=O)(=O)O)c1. The quantitative estimate of drug-likeness (QED) is 0.374. The van der Waals surface area contributed by atoms with E-state index in [0.29, 0.717) is 12.1 Å². The van der Waals surface area contributed by atoms with Gasteiger partial charge in [-0.05, 0) is 41.5 Å². The molecule has 0 aliphatic rings. The standard InChI is InChI=1S/C20H20N2O5S/c1-3-19(23)21-16-10-6-14(7-11-16)5-8-15-9-12-17(22-20(24)4-2)13-18(15)28(25,26)27/h4-13H,2-3H2,1H3,(H,21,23)(H,22,24)(H,25,26,27). The monoisotopic (exact) mass is 400 g/mol. The maximum Gasteiger partial charge on any atom is 0.295 e. The fraction of sp³-hybridized carbons (Fsp3) is 0.100. The fourth-order valence-electron chi connectivity index (χ4n) is 2.28. The summed E-state index contributed by atoms with van der Waals surface area (Å²) in [7, 11) is -4.50. The van der Waals surface area contributed by atoms with Crippen LogP contribution < -0.4 is 10.6 Å². The molecule has 8 heteroatoms. The van der Waals surface area contributed by atoms with Crippen molar-refractivity contribution in [1.29, 1.82) is 0 Å². The summed E-state index contributed by atoms with van der Waals surface area (Å²) in [6, 6.07) is 11.1. The minimum Gasteiger partial charge on any atom is -0.326 e. The fourth-order valence-corrected chi connectivity index (χ4v) is 2.99. The van der Waals surface area contributed by atoms with E-state index in [-0.39, 0.29) is 22.1 Å². The smallest absolute Gasteiger partial charge is 0.295 e. The molecule has 0 aliphatic carbocycles. The first kappa shape index (κ1) is 21.1. The summed E-state index contributed by atoms with van der Waals surface area (Å²) in [6.07, 6.45) is 4.62. The topological polar surface area (TPSA) is 113 Å². The van der Waals surface area contributed by atoms with Gasteiger partial charge < -0.3 is 10.6 Å². The number of benzene rings is 2. The predicted molar refractivity (Wildman–Crippen MR) is 109 cm³/mol. The first-order chi connectivity index (χ1) is 13.2. The van der Waals surface area contributed by atoms with Crippen LogP contribution >= 0.6 is 0 Å². The molecule has 3 N–H and O–H groups in total. The van der Waals surface area contributed by atoms with Crippen LogP contribution in [0.15, 0.2) is 60.0 Å². The summed E-state index contributed by atoms with van der Waals surface area (Å²) in [4.78, 5) is 22.4. The van der Waals surface area contributed by atoms with Gasteiger partial charge in [-0.1, -0.05) is 43.9 Å². The van der Waals surface area contributed by atoms with Crippen molar-refractivity contribution in [3.05, 3.63) is 66.2 Å². The Balaban J connectivity index is 2.28. The Morgan fingerprint density at radius 1 is 1.04 bits per heavy atom. The van der Waals surface area contributed by atoms with Gasteiger partial charge in [-0.3, -0.25) is 14.1 Å². The lowest BCUT2D eigenvalue weighted by Gasteiger charge is -2.08. The molecule has 0 bridgehead atoms. The number of nitrogens with one attached hydrogen (secondary N) is 2. The molecular weight excluding hydrogens is 380 g/mol. The maximum absolute atomic E-state index is 11.7. The van der Waals surface area contributed by atoms with E-state index in [9.17, 15) is 22.6 Å². The highest BCUT2D eigenvalue weighted by atomic mass is 32.2. The largest absolute Gasteiger partial charge is 0.326 e. The van der Waals surface area contributed by atoms with Gasteiger partial charge >= 0.3 is 0 Å². The van der Waals surface area contributed by atoms with Crippen molar-refractivity contribution in [3.63, 3.8) is 0 Å². The van der Waals surface area contributed by atoms with Crippen LogP contribution in [0.4, 0.5) is 11.4 Å². The van der Waals surface area contributed by atoms with Gasteiger partial charge in [0, 0.05) is 17.8 Å². The predicted octanol–water partition coefficient (Wildman–Crippen LogP) is 3.58. The molecule has 28 heavy (non-hydrogen) atoms. The first-order valence-corrected chi connectivity index (χ1v) is 9.80. The van der Waals surface area contributed by atoms with Gasteiger partial charge in [0.05, 0.1) is 0 Å². The van der Waals surface area contributed by atoms with Gasteiger partial charge in [0.25, 0.3) is 10.1 Å². The van der Waals surface area contributed by atoms with E-state index >= 15 is 0 Å². The number of hydrogen-bond acceptors (Lipinski definition) is 4. The lowest BCUT2D eigenvalue weighted by Crippen LogP contribution is -2.09. The average molecular weight is 400 g/mol. The van der Waals surface area contributed by atoms with Crippen molar-refractivity contribution in [2.24, 2.45) is 0 Å². The molecule has 0 heterocycles. The summed E-state index contributed by atoms with van der Waals surface area (Å²) in [5.41, 5.74) is 1.89. The number of amides is 2. The molecule has 2 aromatic carbocycles. The lowest BCUT2D eigenvalue weighted by molar-refractivity contribution is -0.116. The van der Waals surface area contributed by atoms with E-state index in [1.165, 1.54) is 24.3 Å². The third kappa shape index (κ3) is 5.90. The van der Waals surface area contributed by atoms with Gasteiger partial charge in [-0.25, -0.2) is 0 Å². The normalized spacial score (nSPS) is 11.2. The van der Waals surface area contributed by atoms with E-state index in [4.69, 9.17) is 0 Å². The second-order valence-electron chi connectivity index (χ2n) is 5.78. The van der Waals surface area contributed by atoms with Gasteiger partial charge in [-0.2, -0.15) is 8.42 Å². The van der Waals surface area contributed by atoms with Crippen LogP contribution in [0.2, 0.25) is 0 Å². The average Bonchev–Trinajstić information content (AvgIpc) is 2.67. The number of hydrogen-bond donors (Lipinski definition) is 3. The van der Waals surface area contributed by atoms with E-state index < -0.39 is 16.0 Å². The minimum atomic E-state index is -4.50. The molecule has 0 unspecified atom stereocenters. The highest BCUT2D eigenvalue weighted by molar-refractivity contribution is 7.86. The van der Waals surface area contributed by atoms with Crippen molar-refractivity contribution in [1.82, 2.24) is 0 Å². The van der Waals surface area contributed by atoms with E-state index in [0.717, 1.165) is 11.6 Å². The molecule has 7 nitrogen and oxygen atoms in total. The van der Waals surface area contributed by atoms with Gasteiger partial charge in [0.1, 0.15) is 4.90 Å². The Hall–Kier alpha value is -3.23. The Bertz CT molecular complexity index is 1030. The van der Waals surface area contributed by atoms with Crippen molar-refractivity contribution in [2.45, 2.75) is 18.2 Å². The molecule has 0 aromatic heterocycles. The van der Waals surface area contributed by atoms with Gasteiger partial charge in [0.15, 0.2) is 0 Å². The molecule has 0 fully saturated rings. The van der Waals surface area contributed by atoms with Gasteiger partial charge in [0.2, 0.25) is 11.8 Å². The van der Waals surface area contributed by atoms with Crippen LogP contribution in [0.5, 0.6) is 0 Å². The molecule has 2 aromatic rings.